The number of carboxylic acids is 1. The second-order valence-electron chi connectivity index (χ2n) is 3.88. The Morgan fingerprint density at radius 2 is 2.19 bits per heavy atom. The molecule has 0 saturated carbocycles. The second kappa shape index (κ2) is 5.81. The monoisotopic (exact) mass is 230 g/mol. The number of likely N-dealkylation sites (N-methyl/N-ethyl adjacent to an activating group) is 1. The van der Waals surface area contributed by atoms with Crippen LogP contribution in [0.3, 0.4) is 0 Å². The van der Waals surface area contributed by atoms with Crippen LogP contribution < -0.4 is 10.6 Å². The molecule has 2 unspecified atom stereocenters. The van der Waals surface area contributed by atoms with Crippen molar-refractivity contribution in [2.45, 2.75) is 25.9 Å². The van der Waals surface area contributed by atoms with E-state index in [0.29, 0.717) is 13.2 Å². The summed E-state index contributed by atoms with van der Waals surface area (Å²) in [5.41, 5.74) is 0. The minimum atomic E-state index is -1.03. The SMILES string of the molecule is CCNC1COCC1C(=O)N[C@H](C)C(=O)O. The topological polar surface area (TPSA) is 87.7 Å². The maximum absolute atomic E-state index is 11.8. The van der Waals surface area contributed by atoms with Crippen molar-refractivity contribution < 1.29 is 19.4 Å². The highest BCUT2D eigenvalue weighted by atomic mass is 16.5. The predicted octanol–water partition coefficient (Wildman–Crippen LogP) is -0.800. The molecular formula is C10H18N2O4. The molecule has 6 nitrogen and oxygen atoms in total. The van der Waals surface area contributed by atoms with Gasteiger partial charge < -0.3 is 20.5 Å². The Bertz CT molecular complexity index is 270. The van der Waals surface area contributed by atoms with Crippen molar-refractivity contribution in [3.63, 3.8) is 0 Å². The van der Waals surface area contributed by atoms with Crippen molar-refractivity contribution in [1.29, 1.82) is 0 Å². The van der Waals surface area contributed by atoms with Crippen molar-refractivity contribution in [3.05, 3.63) is 0 Å². The predicted molar refractivity (Wildman–Crippen MR) is 57.0 cm³/mol. The van der Waals surface area contributed by atoms with Crippen LogP contribution in [0.4, 0.5) is 0 Å². The third-order valence-corrected chi connectivity index (χ3v) is 2.61. The average Bonchev–Trinajstić information content (AvgIpc) is 2.66. The lowest BCUT2D eigenvalue weighted by molar-refractivity contribution is -0.142. The maximum atomic E-state index is 11.8. The number of ether oxygens (including phenoxy) is 1. The first kappa shape index (κ1) is 12.9. The molecule has 1 heterocycles. The van der Waals surface area contributed by atoms with Crippen LogP contribution in [0.25, 0.3) is 0 Å². The van der Waals surface area contributed by atoms with Crippen LogP contribution >= 0.6 is 0 Å². The molecule has 6 heteroatoms. The van der Waals surface area contributed by atoms with Crippen molar-refractivity contribution in [3.8, 4) is 0 Å². The number of hydrogen-bond acceptors (Lipinski definition) is 4. The quantitative estimate of drug-likeness (QED) is 0.575. The fourth-order valence-corrected chi connectivity index (χ4v) is 1.66. The zero-order valence-corrected chi connectivity index (χ0v) is 9.53. The van der Waals surface area contributed by atoms with E-state index in [0.717, 1.165) is 6.54 Å². The van der Waals surface area contributed by atoms with Gasteiger partial charge in [0.2, 0.25) is 5.91 Å². The molecule has 16 heavy (non-hydrogen) atoms. The van der Waals surface area contributed by atoms with Gasteiger partial charge in [0.15, 0.2) is 0 Å². The molecule has 0 aliphatic carbocycles. The number of amides is 1. The summed E-state index contributed by atoms with van der Waals surface area (Å²) < 4.78 is 5.21. The molecule has 3 N–H and O–H groups in total. The minimum Gasteiger partial charge on any atom is -0.480 e. The highest BCUT2D eigenvalue weighted by molar-refractivity contribution is 5.85. The summed E-state index contributed by atoms with van der Waals surface area (Å²) >= 11 is 0. The van der Waals surface area contributed by atoms with Gasteiger partial charge in [-0.2, -0.15) is 0 Å². The van der Waals surface area contributed by atoms with Crippen molar-refractivity contribution in [2.75, 3.05) is 19.8 Å². The molecule has 0 bridgehead atoms. The van der Waals surface area contributed by atoms with Gasteiger partial charge in [0.1, 0.15) is 6.04 Å². The van der Waals surface area contributed by atoms with Crippen molar-refractivity contribution in [2.24, 2.45) is 5.92 Å². The van der Waals surface area contributed by atoms with E-state index in [9.17, 15) is 9.59 Å². The lowest BCUT2D eigenvalue weighted by Crippen LogP contribution is -2.48. The first-order valence-electron chi connectivity index (χ1n) is 5.40. The number of carboxylic acid groups (broad SMARTS) is 1. The second-order valence-corrected chi connectivity index (χ2v) is 3.88. The molecule has 1 aliphatic heterocycles. The fourth-order valence-electron chi connectivity index (χ4n) is 1.66. The molecule has 0 aromatic rings. The molecule has 1 amide bonds. The number of carbonyl (C=O) groups excluding carboxylic acids is 1. The van der Waals surface area contributed by atoms with Gasteiger partial charge in [0, 0.05) is 6.04 Å². The van der Waals surface area contributed by atoms with E-state index >= 15 is 0 Å². The first-order chi connectivity index (χ1) is 7.56. The Balaban J connectivity index is 2.49. The molecule has 3 atom stereocenters. The van der Waals surface area contributed by atoms with E-state index < -0.39 is 12.0 Å². The molecule has 1 aliphatic rings. The lowest BCUT2D eigenvalue weighted by atomic mass is 10.0. The van der Waals surface area contributed by atoms with Crippen molar-refractivity contribution in [1.82, 2.24) is 10.6 Å². The van der Waals surface area contributed by atoms with Gasteiger partial charge in [-0.05, 0) is 13.5 Å². The van der Waals surface area contributed by atoms with Gasteiger partial charge in [-0.25, -0.2) is 0 Å². The van der Waals surface area contributed by atoms with E-state index in [4.69, 9.17) is 9.84 Å². The normalized spacial score (nSPS) is 26.4. The van der Waals surface area contributed by atoms with Crippen LogP contribution in [-0.4, -0.2) is 48.8 Å². The van der Waals surface area contributed by atoms with E-state index in [1.54, 1.807) is 0 Å². The first-order valence-corrected chi connectivity index (χ1v) is 5.40. The highest BCUT2D eigenvalue weighted by Gasteiger charge is 2.34. The van der Waals surface area contributed by atoms with E-state index in [1.807, 2.05) is 6.92 Å². The maximum Gasteiger partial charge on any atom is 0.325 e. The smallest absolute Gasteiger partial charge is 0.325 e. The highest BCUT2D eigenvalue weighted by Crippen LogP contribution is 2.13. The van der Waals surface area contributed by atoms with Gasteiger partial charge in [-0.1, -0.05) is 6.92 Å². The minimum absolute atomic E-state index is 0.0222. The number of hydrogen-bond donors (Lipinski definition) is 3. The zero-order chi connectivity index (χ0) is 12.1. The Morgan fingerprint density at radius 1 is 1.50 bits per heavy atom. The summed E-state index contributed by atoms with van der Waals surface area (Å²) in [4.78, 5) is 22.3. The van der Waals surface area contributed by atoms with Gasteiger partial charge in [-0.15, -0.1) is 0 Å². The molecular weight excluding hydrogens is 212 g/mol. The summed E-state index contributed by atoms with van der Waals surface area (Å²) in [7, 11) is 0. The summed E-state index contributed by atoms with van der Waals surface area (Å²) in [5.74, 6) is -1.60. The zero-order valence-electron chi connectivity index (χ0n) is 9.53. The van der Waals surface area contributed by atoms with Crippen LogP contribution in [0.2, 0.25) is 0 Å². The van der Waals surface area contributed by atoms with Crippen LogP contribution in [0.1, 0.15) is 13.8 Å². The molecule has 1 fully saturated rings. The number of rotatable bonds is 5. The lowest BCUT2D eigenvalue weighted by Gasteiger charge is -2.19. The number of nitrogens with one attached hydrogen (secondary N) is 2. The molecule has 0 aromatic carbocycles. The Hall–Kier alpha value is -1.14. The molecule has 0 aromatic heterocycles. The van der Waals surface area contributed by atoms with Gasteiger partial charge in [0.25, 0.3) is 0 Å². The van der Waals surface area contributed by atoms with Crippen LogP contribution in [0, 0.1) is 5.92 Å². The van der Waals surface area contributed by atoms with Crippen LogP contribution in [-0.2, 0) is 14.3 Å². The van der Waals surface area contributed by atoms with Crippen molar-refractivity contribution >= 4 is 11.9 Å². The molecule has 92 valence electrons. The summed E-state index contributed by atoms with van der Waals surface area (Å²) in [6.07, 6.45) is 0. The summed E-state index contributed by atoms with van der Waals surface area (Å²) in [6, 6.07) is -0.888. The number of aliphatic carboxylic acids is 1. The fraction of sp³-hybridized carbons (Fsp3) is 0.800. The molecule has 1 rings (SSSR count). The Labute approximate surface area is 94.3 Å². The molecule has 0 spiro atoms. The Kier molecular flexibility index (Phi) is 4.70. The number of carbonyl (C=O) groups is 2. The third kappa shape index (κ3) is 3.18. The van der Waals surface area contributed by atoms with E-state index in [2.05, 4.69) is 10.6 Å². The van der Waals surface area contributed by atoms with Gasteiger partial charge in [0.05, 0.1) is 19.1 Å². The van der Waals surface area contributed by atoms with Crippen LogP contribution in [0.5, 0.6) is 0 Å². The Morgan fingerprint density at radius 3 is 2.75 bits per heavy atom. The molecule has 1 saturated heterocycles. The average molecular weight is 230 g/mol. The largest absolute Gasteiger partial charge is 0.480 e. The standard InChI is InChI=1S/C10H18N2O4/c1-3-11-8-5-16-4-7(8)9(13)12-6(2)10(14)15/h6-8,11H,3-5H2,1-2H3,(H,12,13)(H,14,15)/t6-,7?,8?/m1/s1. The van der Waals surface area contributed by atoms with E-state index in [1.165, 1.54) is 6.92 Å². The summed E-state index contributed by atoms with van der Waals surface area (Å²) in [6.45, 7) is 4.99. The van der Waals surface area contributed by atoms with Gasteiger partial charge >= 0.3 is 5.97 Å². The summed E-state index contributed by atoms with van der Waals surface area (Å²) in [5, 5.41) is 14.3. The van der Waals surface area contributed by atoms with Gasteiger partial charge in [-0.3, -0.25) is 9.59 Å². The molecule has 0 radical (unpaired) electrons. The third-order valence-electron chi connectivity index (χ3n) is 2.61. The van der Waals surface area contributed by atoms with Crippen LogP contribution in [0.15, 0.2) is 0 Å². The van der Waals surface area contributed by atoms with E-state index in [-0.39, 0.29) is 17.9 Å².